The number of benzene rings is 1. The van der Waals surface area contributed by atoms with Crippen LogP contribution in [0.2, 0.25) is 0 Å². The molecule has 0 aliphatic carbocycles. The van der Waals surface area contributed by atoms with Crippen LogP contribution >= 0.6 is 11.3 Å². The number of nitrogens with one attached hydrogen (secondary N) is 1. The van der Waals surface area contributed by atoms with Crippen molar-refractivity contribution in [2.75, 3.05) is 13.7 Å². The molecule has 0 spiro atoms. The summed E-state index contributed by atoms with van der Waals surface area (Å²) in [6.45, 7) is 6.90. The molecule has 5 nitrogen and oxygen atoms in total. The Bertz CT molecular complexity index is 711. The van der Waals surface area contributed by atoms with E-state index in [1.165, 1.54) is 11.3 Å². The highest BCUT2D eigenvalue weighted by Gasteiger charge is 2.28. The molecular formula is C20H26N2O3S. The number of amides is 2. The number of nitrogens with zero attached hydrogens (tertiary/aromatic N) is 1. The summed E-state index contributed by atoms with van der Waals surface area (Å²) in [6.07, 6.45) is 0. The van der Waals surface area contributed by atoms with Gasteiger partial charge in [-0.1, -0.05) is 32.0 Å². The summed E-state index contributed by atoms with van der Waals surface area (Å²) in [5.41, 5.74) is 1.02. The maximum Gasteiger partial charge on any atom is 0.262 e. The molecule has 1 atom stereocenters. The van der Waals surface area contributed by atoms with Crippen LogP contribution in [0.25, 0.3) is 0 Å². The number of hydrogen-bond acceptors (Lipinski definition) is 4. The quantitative estimate of drug-likeness (QED) is 0.769. The van der Waals surface area contributed by atoms with Crippen LogP contribution < -0.4 is 10.1 Å². The molecule has 0 saturated carbocycles. The minimum Gasteiger partial charge on any atom is -0.497 e. The third kappa shape index (κ3) is 5.08. The maximum absolute atomic E-state index is 13.0. The molecule has 0 saturated heterocycles. The highest BCUT2D eigenvalue weighted by Crippen LogP contribution is 2.16. The molecule has 1 unspecified atom stereocenters. The van der Waals surface area contributed by atoms with Crippen molar-refractivity contribution in [2.45, 2.75) is 33.4 Å². The first kappa shape index (κ1) is 20.0. The highest BCUT2D eigenvalue weighted by atomic mass is 32.1. The average Bonchev–Trinajstić information content (AvgIpc) is 3.18. The molecule has 1 aromatic heterocycles. The number of ether oxygens (including phenoxy) is 1. The van der Waals surface area contributed by atoms with Gasteiger partial charge in [-0.05, 0) is 42.0 Å². The van der Waals surface area contributed by atoms with Gasteiger partial charge in [-0.25, -0.2) is 0 Å². The zero-order valence-electron chi connectivity index (χ0n) is 15.7. The first-order valence-electron chi connectivity index (χ1n) is 8.72. The molecule has 0 radical (unpaired) electrons. The molecule has 1 aromatic carbocycles. The lowest BCUT2D eigenvalue weighted by molar-refractivity contribution is -0.134. The van der Waals surface area contributed by atoms with Gasteiger partial charge in [-0.2, -0.15) is 0 Å². The minimum absolute atomic E-state index is 0.00340. The van der Waals surface area contributed by atoms with Crippen molar-refractivity contribution in [3.63, 3.8) is 0 Å². The molecule has 2 amide bonds. The van der Waals surface area contributed by atoms with Crippen LogP contribution in [0.15, 0.2) is 41.8 Å². The van der Waals surface area contributed by atoms with E-state index in [1.54, 1.807) is 18.1 Å². The van der Waals surface area contributed by atoms with E-state index in [4.69, 9.17) is 4.74 Å². The molecule has 0 bridgehead atoms. The van der Waals surface area contributed by atoms with E-state index >= 15 is 0 Å². The van der Waals surface area contributed by atoms with Crippen LogP contribution in [0, 0.1) is 5.92 Å². The van der Waals surface area contributed by atoms with E-state index < -0.39 is 6.04 Å². The summed E-state index contributed by atoms with van der Waals surface area (Å²) in [6, 6.07) is 10.7. The number of hydrogen-bond donors (Lipinski definition) is 1. The Hall–Kier alpha value is -2.34. The number of thiophene rings is 1. The van der Waals surface area contributed by atoms with Crippen LogP contribution in [0.4, 0.5) is 0 Å². The monoisotopic (exact) mass is 374 g/mol. The molecule has 1 heterocycles. The third-order valence-electron chi connectivity index (χ3n) is 4.19. The Labute approximate surface area is 159 Å². The SMILES string of the molecule is CCN(Cc1ccc(OC)cc1)C(=O)C(NC(=O)c1cccs1)C(C)C. The van der Waals surface area contributed by atoms with Gasteiger partial charge in [0.25, 0.3) is 5.91 Å². The standard InChI is InChI=1S/C20H26N2O3S/c1-5-22(13-15-8-10-16(25-4)11-9-15)20(24)18(14(2)3)21-19(23)17-7-6-12-26-17/h6-12,14,18H,5,13H2,1-4H3,(H,21,23). The first-order valence-corrected chi connectivity index (χ1v) is 9.60. The lowest BCUT2D eigenvalue weighted by Gasteiger charge is -2.29. The zero-order valence-corrected chi connectivity index (χ0v) is 16.5. The lowest BCUT2D eigenvalue weighted by atomic mass is 10.0. The molecular weight excluding hydrogens is 348 g/mol. The zero-order chi connectivity index (χ0) is 19.1. The predicted octanol–water partition coefficient (Wildman–Crippen LogP) is 3.56. The number of likely N-dealkylation sites (N-methyl/N-ethyl adjacent to an activating group) is 1. The Balaban J connectivity index is 2.09. The second-order valence-corrected chi connectivity index (χ2v) is 7.32. The van der Waals surface area contributed by atoms with Gasteiger partial charge < -0.3 is 15.0 Å². The van der Waals surface area contributed by atoms with Crippen molar-refractivity contribution in [3.8, 4) is 5.75 Å². The van der Waals surface area contributed by atoms with Gasteiger partial charge in [0, 0.05) is 13.1 Å². The Morgan fingerprint density at radius 2 is 1.88 bits per heavy atom. The van der Waals surface area contributed by atoms with Gasteiger partial charge >= 0.3 is 0 Å². The van der Waals surface area contributed by atoms with E-state index in [1.807, 2.05) is 56.5 Å². The molecule has 2 rings (SSSR count). The Morgan fingerprint density at radius 3 is 2.38 bits per heavy atom. The van der Waals surface area contributed by atoms with Crippen molar-refractivity contribution in [1.29, 1.82) is 0 Å². The lowest BCUT2D eigenvalue weighted by Crippen LogP contribution is -2.50. The fourth-order valence-corrected chi connectivity index (χ4v) is 3.25. The second-order valence-electron chi connectivity index (χ2n) is 6.37. The van der Waals surface area contributed by atoms with Gasteiger partial charge in [0.1, 0.15) is 11.8 Å². The smallest absolute Gasteiger partial charge is 0.262 e. The van der Waals surface area contributed by atoms with E-state index in [2.05, 4.69) is 5.32 Å². The van der Waals surface area contributed by atoms with Crippen LogP contribution in [-0.2, 0) is 11.3 Å². The number of methoxy groups -OCH3 is 1. The average molecular weight is 375 g/mol. The normalized spacial score (nSPS) is 11.9. The minimum atomic E-state index is -0.553. The fourth-order valence-electron chi connectivity index (χ4n) is 2.63. The summed E-state index contributed by atoms with van der Waals surface area (Å²) in [7, 11) is 1.63. The van der Waals surface area contributed by atoms with Crippen molar-refractivity contribution in [3.05, 3.63) is 52.2 Å². The molecule has 6 heteroatoms. The van der Waals surface area contributed by atoms with Crippen molar-refractivity contribution in [1.82, 2.24) is 10.2 Å². The molecule has 0 fully saturated rings. The molecule has 140 valence electrons. The maximum atomic E-state index is 13.0. The van der Waals surface area contributed by atoms with Crippen molar-refractivity contribution >= 4 is 23.2 Å². The summed E-state index contributed by atoms with van der Waals surface area (Å²) < 4.78 is 5.17. The third-order valence-corrected chi connectivity index (χ3v) is 5.06. The first-order chi connectivity index (χ1) is 12.5. The summed E-state index contributed by atoms with van der Waals surface area (Å²) in [5, 5.41) is 4.75. The van der Waals surface area contributed by atoms with Gasteiger partial charge in [0.2, 0.25) is 5.91 Å². The van der Waals surface area contributed by atoms with Crippen LogP contribution in [0.5, 0.6) is 5.75 Å². The number of rotatable bonds is 8. The second kappa shape index (κ2) is 9.38. The fraction of sp³-hybridized carbons (Fsp3) is 0.400. The molecule has 1 N–H and O–H groups in total. The topological polar surface area (TPSA) is 58.6 Å². The summed E-state index contributed by atoms with van der Waals surface area (Å²) in [5.74, 6) is 0.512. The molecule has 0 aliphatic heterocycles. The predicted molar refractivity (Wildman–Crippen MR) is 104 cm³/mol. The van der Waals surface area contributed by atoms with E-state index in [0.29, 0.717) is 18.0 Å². The summed E-state index contributed by atoms with van der Waals surface area (Å²) >= 11 is 1.37. The highest BCUT2D eigenvalue weighted by molar-refractivity contribution is 7.12. The van der Waals surface area contributed by atoms with Crippen LogP contribution in [-0.4, -0.2) is 36.4 Å². The van der Waals surface area contributed by atoms with Crippen LogP contribution in [0.1, 0.15) is 36.0 Å². The van der Waals surface area contributed by atoms with Crippen molar-refractivity contribution in [2.24, 2.45) is 5.92 Å². The van der Waals surface area contributed by atoms with Gasteiger partial charge in [-0.15, -0.1) is 11.3 Å². The number of carbonyl (C=O) groups is 2. The molecule has 0 aliphatic rings. The van der Waals surface area contributed by atoms with Crippen LogP contribution in [0.3, 0.4) is 0 Å². The molecule has 26 heavy (non-hydrogen) atoms. The van der Waals surface area contributed by atoms with E-state index in [0.717, 1.165) is 11.3 Å². The van der Waals surface area contributed by atoms with Crippen molar-refractivity contribution < 1.29 is 14.3 Å². The Morgan fingerprint density at radius 1 is 1.19 bits per heavy atom. The largest absolute Gasteiger partial charge is 0.497 e. The van der Waals surface area contributed by atoms with Gasteiger partial charge in [0.15, 0.2) is 0 Å². The number of carbonyl (C=O) groups excluding carboxylic acids is 2. The molecule has 2 aromatic rings. The van der Waals surface area contributed by atoms with Gasteiger partial charge in [0.05, 0.1) is 12.0 Å². The van der Waals surface area contributed by atoms with E-state index in [9.17, 15) is 9.59 Å². The summed E-state index contributed by atoms with van der Waals surface area (Å²) in [4.78, 5) is 27.8. The van der Waals surface area contributed by atoms with E-state index in [-0.39, 0.29) is 17.7 Å². The Kier molecular flexibility index (Phi) is 7.21. The van der Waals surface area contributed by atoms with Gasteiger partial charge in [-0.3, -0.25) is 9.59 Å².